The van der Waals surface area contributed by atoms with E-state index in [2.05, 4.69) is 9.72 Å². The fraction of sp³-hybridized carbons (Fsp3) is 0.400. The lowest BCUT2D eigenvalue weighted by Crippen LogP contribution is -2.42. The molecule has 1 aliphatic heterocycles. The summed E-state index contributed by atoms with van der Waals surface area (Å²) in [6.07, 6.45) is -3.11. The number of alkyl halides is 3. The maximum Gasteiger partial charge on any atom is 0.573 e. The molecule has 2 unspecified atom stereocenters. The molecule has 8 nitrogen and oxygen atoms in total. The maximum atomic E-state index is 12.8. The van der Waals surface area contributed by atoms with Crippen LogP contribution in [0, 0.1) is 10.1 Å². The lowest BCUT2D eigenvalue weighted by atomic mass is 10.1. The van der Waals surface area contributed by atoms with Crippen LogP contribution in [0.3, 0.4) is 0 Å². The molecule has 1 aromatic carbocycles. The normalized spacial score (nSPS) is 22.1. The molecule has 0 radical (unpaired) electrons. The number of aryl methyl sites for hydroxylation is 1. The fourth-order valence-corrected chi connectivity index (χ4v) is 3.97. The Hall–Kier alpha value is -2.63. The SMILES string of the molecule is CC1(COc2ccc(OC(F)(F)F)cc2)CCn2cc([N+](=O)[O-])nc2S1=O. The number of nitro groups is 1. The van der Waals surface area contributed by atoms with Crippen molar-refractivity contribution in [2.24, 2.45) is 0 Å². The highest BCUT2D eigenvalue weighted by Gasteiger charge is 2.43. The lowest BCUT2D eigenvalue weighted by molar-refractivity contribution is -0.389. The highest BCUT2D eigenvalue weighted by molar-refractivity contribution is 7.86. The van der Waals surface area contributed by atoms with Crippen molar-refractivity contribution in [3.63, 3.8) is 0 Å². The molecule has 2 heterocycles. The molecular weight excluding hydrogens is 391 g/mol. The Morgan fingerprint density at radius 3 is 2.56 bits per heavy atom. The Balaban J connectivity index is 1.68. The van der Waals surface area contributed by atoms with E-state index in [0.717, 1.165) is 12.1 Å². The predicted octanol–water partition coefficient (Wildman–Crippen LogP) is 3.04. The summed E-state index contributed by atoms with van der Waals surface area (Å²) in [7, 11) is -1.66. The molecule has 0 bridgehead atoms. The van der Waals surface area contributed by atoms with Gasteiger partial charge >= 0.3 is 17.3 Å². The molecule has 1 aliphatic rings. The van der Waals surface area contributed by atoms with Crippen molar-refractivity contribution in [3.8, 4) is 11.5 Å². The van der Waals surface area contributed by atoms with Crippen LogP contribution in [-0.2, 0) is 17.3 Å². The van der Waals surface area contributed by atoms with E-state index in [1.54, 1.807) is 6.92 Å². The molecule has 0 spiro atoms. The number of benzene rings is 1. The number of aromatic nitrogens is 2. The summed E-state index contributed by atoms with van der Waals surface area (Å²) in [5.41, 5.74) is 0. The molecule has 0 aliphatic carbocycles. The number of imidazole rings is 1. The Bertz CT molecular complexity index is 884. The first-order chi connectivity index (χ1) is 12.6. The molecule has 2 atom stereocenters. The first-order valence-corrected chi connectivity index (χ1v) is 8.84. The van der Waals surface area contributed by atoms with Gasteiger partial charge in [0.15, 0.2) is 0 Å². The van der Waals surface area contributed by atoms with Crippen LogP contribution in [-0.4, -0.2) is 36.4 Å². The average Bonchev–Trinajstić information content (AvgIpc) is 3.02. The second kappa shape index (κ2) is 6.83. The van der Waals surface area contributed by atoms with Gasteiger partial charge in [0.2, 0.25) is 0 Å². The molecular formula is C15H14F3N3O5S. The zero-order valence-electron chi connectivity index (χ0n) is 13.9. The summed E-state index contributed by atoms with van der Waals surface area (Å²) in [5.74, 6) is -0.469. The largest absolute Gasteiger partial charge is 0.573 e. The van der Waals surface area contributed by atoms with E-state index >= 15 is 0 Å². The van der Waals surface area contributed by atoms with Gasteiger partial charge in [-0.05, 0) is 47.5 Å². The second-order valence-corrected chi connectivity index (χ2v) is 8.00. The summed E-state index contributed by atoms with van der Waals surface area (Å²) in [6, 6.07) is 4.84. The number of fused-ring (bicyclic) bond motifs is 1. The summed E-state index contributed by atoms with van der Waals surface area (Å²) < 4.78 is 59.3. The highest BCUT2D eigenvalue weighted by Crippen LogP contribution is 2.33. The molecule has 0 saturated carbocycles. The average molecular weight is 405 g/mol. The molecule has 0 saturated heterocycles. The number of ether oxygens (including phenoxy) is 2. The first-order valence-electron chi connectivity index (χ1n) is 7.69. The van der Waals surface area contributed by atoms with E-state index < -0.39 is 26.8 Å². The van der Waals surface area contributed by atoms with Gasteiger partial charge in [-0.3, -0.25) is 4.57 Å². The van der Waals surface area contributed by atoms with Gasteiger partial charge in [-0.2, -0.15) is 0 Å². The van der Waals surface area contributed by atoms with Gasteiger partial charge in [0.1, 0.15) is 35.1 Å². The van der Waals surface area contributed by atoms with Gasteiger partial charge in [-0.1, -0.05) is 0 Å². The van der Waals surface area contributed by atoms with Crippen LogP contribution >= 0.6 is 0 Å². The fourth-order valence-electron chi connectivity index (χ4n) is 2.55. The van der Waals surface area contributed by atoms with E-state index in [1.807, 2.05) is 0 Å². The van der Waals surface area contributed by atoms with Crippen LogP contribution in [0.5, 0.6) is 11.5 Å². The van der Waals surface area contributed by atoms with Gasteiger partial charge in [0.25, 0.3) is 0 Å². The van der Waals surface area contributed by atoms with Crippen LogP contribution in [0.4, 0.5) is 19.0 Å². The van der Waals surface area contributed by atoms with E-state index in [9.17, 15) is 27.5 Å². The number of hydrogen-bond donors (Lipinski definition) is 0. The highest BCUT2D eigenvalue weighted by atomic mass is 32.2. The zero-order chi connectivity index (χ0) is 19.8. The standard InChI is InChI=1S/C15H14F3N3O5S/c1-14(6-7-20-8-12(21(22)23)19-13(20)27(14)24)9-25-10-2-4-11(5-3-10)26-15(16,17)18/h2-5,8H,6-7,9H2,1H3. The van der Waals surface area contributed by atoms with Gasteiger partial charge in [0, 0.05) is 6.54 Å². The maximum absolute atomic E-state index is 12.8. The lowest BCUT2D eigenvalue weighted by Gasteiger charge is -2.30. The molecule has 3 rings (SSSR count). The van der Waals surface area contributed by atoms with Gasteiger partial charge < -0.3 is 19.6 Å². The van der Waals surface area contributed by atoms with Crippen LogP contribution < -0.4 is 9.47 Å². The third-order valence-electron chi connectivity index (χ3n) is 4.01. The minimum atomic E-state index is -4.78. The van der Waals surface area contributed by atoms with E-state index in [-0.39, 0.29) is 29.1 Å². The first kappa shape index (κ1) is 19.1. The topological polar surface area (TPSA) is 96.5 Å². The molecule has 1 aromatic heterocycles. The number of nitrogens with zero attached hydrogens (tertiary/aromatic N) is 3. The quantitative estimate of drug-likeness (QED) is 0.560. The third kappa shape index (κ3) is 4.21. The van der Waals surface area contributed by atoms with Crippen molar-refractivity contribution in [2.45, 2.75) is 36.2 Å². The zero-order valence-corrected chi connectivity index (χ0v) is 14.7. The van der Waals surface area contributed by atoms with Crippen LogP contribution in [0.2, 0.25) is 0 Å². The van der Waals surface area contributed by atoms with Crippen molar-refractivity contribution in [1.82, 2.24) is 9.55 Å². The molecule has 0 N–H and O–H groups in total. The Labute approximate surface area is 153 Å². The summed E-state index contributed by atoms with van der Waals surface area (Å²) >= 11 is 0. The molecule has 2 aromatic rings. The smallest absolute Gasteiger partial charge is 0.492 e. The van der Waals surface area contributed by atoms with E-state index in [1.165, 1.54) is 22.9 Å². The Morgan fingerprint density at radius 1 is 1.33 bits per heavy atom. The van der Waals surface area contributed by atoms with Crippen molar-refractivity contribution in [2.75, 3.05) is 6.61 Å². The van der Waals surface area contributed by atoms with Crippen molar-refractivity contribution >= 4 is 16.6 Å². The molecule has 146 valence electrons. The van der Waals surface area contributed by atoms with Gasteiger partial charge in [-0.15, -0.1) is 13.2 Å². The number of halogens is 3. The summed E-state index contributed by atoms with van der Waals surface area (Å²) in [4.78, 5) is 14.0. The van der Waals surface area contributed by atoms with Crippen LogP contribution in [0.25, 0.3) is 0 Å². The molecule has 12 heteroatoms. The third-order valence-corrected chi connectivity index (χ3v) is 5.89. The predicted molar refractivity (Wildman–Crippen MR) is 86.9 cm³/mol. The van der Waals surface area contributed by atoms with Gasteiger partial charge in [0.05, 0.1) is 4.75 Å². The van der Waals surface area contributed by atoms with Gasteiger partial charge in [-0.25, -0.2) is 4.21 Å². The summed E-state index contributed by atoms with van der Waals surface area (Å²) in [5, 5.41) is 10.9. The minimum absolute atomic E-state index is 0.000255. The minimum Gasteiger partial charge on any atom is -0.492 e. The number of rotatable bonds is 5. The number of hydrogen-bond acceptors (Lipinski definition) is 6. The van der Waals surface area contributed by atoms with Crippen molar-refractivity contribution in [3.05, 3.63) is 40.6 Å². The molecule has 0 amide bonds. The Kier molecular flexibility index (Phi) is 4.84. The second-order valence-electron chi connectivity index (χ2n) is 6.11. The summed E-state index contributed by atoms with van der Waals surface area (Å²) in [6.45, 7) is 2.09. The van der Waals surface area contributed by atoms with E-state index in [4.69, 9.17) is 4.74 Å². The van der Waals surface area contributed by atoms with Crippen molar-refractivity contribution in [1.29, 1.82) is 0 Å². The molecule has 0 fully saturated rings. The molecule has 27 heavy (non-hydrogen) atoms. The Morgan fingerprint density at radius 2 is 1.96 bits per heavy atom. The van der Waals surface area contributed by atoms with Crippen LogP contribution in [0.1, 0.15) is 13.3 Å². The van der Waals surface area contributed by atoms with E-state index in [0.29, 0.717) is 13.0 Å². The monoisotopic (exact) mass is 405 g/mol. The van der Waals surface area contributed by atoms with Crippen LogP contribution in [0.15, 0.2) is 35.6 Å². The van der Waals surface area contributed by atoms with Crippen molar-refractivity contribution < 1.29 is 31.8 Å².